The summed E-state index contributed by atoms with van der Waals surface area (Å²) in [6.45, 7) is 2.46. The number of benzene rings is 1. The van der Waals surface area contributed by atoms with E-state index in [1.807, 2.05) is 0 Å². The molecule has 9 heteroatoms. The van der Waals surface area contributed by atoms with E-state index in [1.165, 1.54) is 24.3 Å². The minimum atomic E-state index is -2.88. The molecule has 1 heterocycles. The Bertz CT molecular complexity index is 684. The molecule has 1 aromatic heterocycles. The van der Waals surface area contributed by atoms with Gasteiger partial charge < -0.3 is 13.9 Å². The number of carbonyl (C=O) groups excluding carboxylic acids is 1. The normalized spacial score (nSPS) is 11.6. The van der Waals surface area contributed by atoms with E-state index in [1.54, 1.807) is 20.8 Å². The Balaban J connectivity index is 1.94. The summed E-state index contributed by atoms with van der Waals surface area (Å²) in [7, 11) is 0. The second-order valence-electron chi connectivity index (χ2n) is 5.65. The van der Waals surface area contributed by atoms with Crippen molar-refractivity contribution in [2.45, 2.75) is 38.2 Å². The van der Waals surface area contributed by atoms with Crippen molar-refractivity contribution < 1.29 is 27.5 Å². The van der Waals surface area contributed by atoms with Gasteiger partial charge in [-0.25, -0.2) is 0 Å². The van der Waals surface area contributed by atoms with Crippen molar-refractivity contribution in [2.75, 3.05) is 5.75 Å². The third-order valence-corrected chi connectivity index (χ3v) is 3.26. The van der Waals surface area contributed by atoms with Crippen LogP contribution in [0, 0.1) is 0 Å². The number of thioether (sulfide) groups is 1. The first kappa shape index (κ1) is 18.2. The third-order valence-electron chi connectivity index (χ3n) is 2.47. The number of ether oxygens (including phenoxy) is 2. The number of nitrogens with zero attached hydrogens (tertiary/aromatic N) is 2. The van der Waals surface area contributed by atoms with E-state index in [0.717, 1.165) is 11.8 Å². The lowest BCUT2D eigenvalue weighted by atomic mass is 10.2. The monoisotopic (exact) mass is 358 g/mol. The molecule has 0 aliphatic rings. The molecule has 0 amide bonds. The van der Waals surface area contributed by atoms with E-state index in [0.29, 0.717) is 5.56 Å². The molecule has 1 aromatic carbocycles. The molecule has 2 aromatic rings. The quantitative estimate of drug-likeness (QED) is 0.575. The lowest BCUT2D eigenvalue weighted by Crippen LogP contribution is -2.24. The van der Waals surface area contributed by atoms with Gasteiger partial charge in [-0.2, -0.15) is 8.78 Å². The number of hydrogen-bond acceptors (Lipinski definition) is 7. The molecule has 2 rings (SSSR count). The molecule has 6 nitrogen and oxygen atoms in total. The maximum Gasteiger partial charge on any atom is 0.387 e. The topological polar surface area (TPSA) is 74.5 Å². The van der Waals surface area contributed by atoms with Gasteiger partial charge in [-0.3, -0.25) is 4.79 Å². The smallest absolute Gasteiger partial charge is 0.387 e. The molecule has 0 N–H and O–H groups in total. The van der Waals surface area contributed by atoms with Crippen LogP contribution in [0.1, 0.15) is 20.8 Å². The van der Waals surface area contributed by atoms with Gasteiger partial charge in [0.25, 0.3) is 5.22 Å². The number of esters is 1. The second-order valence-corrected chi connectivity index (χ2v) is 6.58. The van der Waals surface area contributed by atoms with Crippen LogP contribution in [0.5, 0.6) is 5.75 Å². The van der Waals surface area contributed by atoms with Crippen LogP contribution in [0.25, 0.3) is 11.5 Å². The van der Waals surface area contributed by atoms with Crippen molar-refractivity contribution in [3.8, 4) is 17.2 Å². The highest BCUT2D eigenvalue weighted by Gasteiger charge is 2.18. The molecule has 0 spiro atoms. The van der Waals surface area contributed by atoms with Crippen LogP contribution in [0.4, 0.5) is 8.78 Å². The van der Waals surface area contributed by atoms with E-state index in [4.69, 9.17) is 9.15 Å². The van der Waals surface area contributed by atoms with Crippen LogP contribution in [-0.4, -0.2) is 34.1 Å². The maximum absolute atomic E-state index is 12.1. The molecule has 0 bridgehead atoms. The number of alkyl halides is 2. The summed E-state index contributed by atoms with van der Waals surface area (Å²) in [5.41, 5.74) is -0.00657. The molecule has 0 fully saturated rings. The molecule has 0 aliphatic heterocycles. The molecule has 0 atom stereocenters. The third kappa shape index (κ3) is 5.80. The summed E-state index contributed by atoms with van der Waals surface area (Å²) in [6.07, 6.45) is 0. The number of halogens is 2. The zero-order valence-corrected chi connectivity index (χ0v) is 14.1. The molecule has 0 radical (unpaired) electrons. The first-order valence-corrected chi connectivity index (χ1v) is 7.95. The van der Waals surface area contributed by atoms with Crippen molar-refractivity contribution in [3.63, 3.8) is 0 Å². The number of carbonyl (C=O) groups is 1. The minimum absolute atomic E-state index is 0.0350. The van der Waals surface area contributed by atoms with Crippen LogP contribution in [0.15, 0.2) is 33.9 Å². The van der Waals surface area contributed by atoms with E-state index in [-0.39, 0.29) is 28.6 Å². The van der Waals surface area contributed by atoms with Crippen LogP contribution in [0.2, 0.25) is 0 Å². The van der Waals surface area contributed by atoms with Crippen molar-refractivity contribution in [2.24, 2.45) is 0 Å². The fraction of sp³-hybridized carbons (Fsp3) is 0.400. The van der Waals surface area contributed by atoms with Crippen LogP contribution in [0.3, 0.4) is 0 Å². The van der Waals surface area contributed by atoms with Crippen LogP contribution in [-0.2, 0) is 9.53 Å². The summed E-state index contributed by atoms with van der Waals surface area (Å²) in [6, 6.07) is 5.79. The van der Waals surface area contributed by atoms with E-state index >= 15 is 0 Å². The van der Waals surface area contributed by atoms with Gasteiger partial charge in [-0.1, -0.05) is 11.8 Å². The van der Waals surface area contributed by atoms with Gasteiger partial charge >= 0.3 is 12.6 Å². The van der Waals surface area contributed by atoms with Gasteiger partial charge in [0, 0.05) is 5.56 Å². The Kier molecular flexibility index (Phi) is 5.76. The second kappa shape index (κ2) is 7.61. The number of rotatable bonds is 6. The number of aromatic nitrogens is 2. The Morgan fingerprint density at radius 3 is 2.50 bits per heavy atom. The van der Waals surface area contributed by atoms with Gasteiger partial charge in [0.05, 0.1) is 0 Å². The SMILES string of the molecule is CC(C)(C)OC(=O)CSc1nnc(-c2ccc(OC(F)F)cc2)o1. The van der Waals surface area contributed by atoms with E-state index in [9.17, 15) is 13.6 Å². The van der Waals surface area contributed by atoms with Crippen molar-refractivity contribution in [1.29, 1.82) is 0 Å². The Hall–Kier alpha value is -2.16. The lowest BCUT2D eigenvalue weighted by Gasteiger charge is -2.18. The summed E-state index contributed by atoms with van der Waals surface area (Å²) in [4.78, 5) is 11.6. The Morgan fingerprint density at radius 2 is 1.92 bits per heavy atom. The molecule has 24 heavy (non-hydrogen) atoms. The zero-order chi connectivity index (χ0) is 17.7. The Labute approximate surface area is 141 Å². The highest BCUT2D eigenvalue weighted by atomic mass is 32.2. The molecule has 0 saturated heterocycles. The molecular formula is C15H16F2N2O4S. The van der Waals surface area contributed by atoms with E-state index in [2.05, 4.69) is 14.9 Å². The van der Waals surface area contributed by atoms with Crippen LogP contribution >= 0.6 is 11.8 Å². The van der Waals surface area contributed by atoms with Crippen molar-refractivity contribution >= 4 is 17.7 Å². The molecule has 0 saturated carbocycles. The predicted octanol–water partition coefficient (Wildman–Crippen LogP) is 3.77. The molecular weight excluding hydrogens is 342 g/mol. The number of hydrogen-bond donors (Lipinski definition) is 0. The fourth-order valence-electron chi connectivity index (χ4n) is 1.66. The predicted molar refractivity (Wildman–Crippen MR) is 82.9 cm³/mol. The molecule has 0 unspecified atom stereocenters. The Morgan fingerprint density at radius 1 is 1.25 bits per heavy atom. The van der Waals surface area contributed by atoms with Gasteiger partial charge in [0.2, 0.25) is 5.89 Å². The van der Waals surface area contributed by atoms with Crippen molar-refractivity contribution in [1.82, 2.24) is 10.2 Å². The largest absolute Gasteiger partial charge is 0.459 e. The standard InChI is InChI=1S/C15H16F2N2O4S/c1-15(2,3)23-11(20)8-24-14-19-18-12(22-14)9-4-6-10(7-5-9)21-13(16)17/h4-7,13H,8H2,1-3H3. The van der Waals surface area contributed by atoms with Gasteiger partial charge in [0.1, 0.15) is 17.1 Å². The summed E-state index contributed by atoms with van der Waals surface area (Å²) in [5.74, 6) is -0.0982. The highest BCUT2D eigenvalue weighted by Crippen LogP contribution is 2.25. The van der Waals surface area contributed by atoms with Crippen LogP contribution < -0.4 is 4.74 Å². The van der Waals surface area contributed by atoms with Gasteiger partial charge in [-0.05, 0) is 45.0 Å². The highest BCUT2D eigenvalue weighted by molar-refractivity contribution is 7.99. The fourth-order valence-corrected chi connectivity index (χ4v) is 2.19. The first-order valence-electron chi connectivity index (χ1n) is 6.96. The summed E-state index contributed by atoms with van der Waals surface area (Å²) >= 11 is 1.06. The summed E-state index contributed by atoms with van der Waals surface area (Å²) in [5, 5.41) is 7.88. The summed E-state index contributed by atoms with van der Waals surface area (Å²) < 4.78 is 39.0. The van der Waals surface area contributed by atoms with Crippen molar-refractivity contribution in [3.05, 3.63) is 24.3 Å². The first-order chi connectivity index (χ1) is 11.2. The maximum atomic E-state index is 12.1. The van der Waals surface area contributed by atoms with E-state index < -0.39 is 12.2 Å². The lowest BCUT2D eigenvalue weighted by molar-refractivity contribution is -0.151. The average molecular weight is 358 g/mol. The van der Waals surface area contributed by atoms with Gasteiger partial charge in [-0.15, -0.1) is 10.2 Å². The zero-order valence-electron chi connectivity index (χ0n) is 13.3. The minimum Gasteiger partial charge on any atom is -0.459 e. The average Bonchev–Trinajstić information content (AvgIpc) is 2.92. The molecule has 130 valence electrons. The van der Waals surface area contributed by atoms with Gasteiger partial charge in [0.15, 0.2) is 0 Å². The molecule has 0 aliphatic carbocycles.